The molecule has 7 heteroatoms. The van der Waals surface area contributed by atoms with Crippen molar-refractivity contribution in [1.82, 2.24) is 0 Å². The number of phenolic OH excluding ortho intramolecular Hbond substituents is 1. The highest BCUT2D eigenvalue weighted by Gasteiger charge is 2.22. The third-order valence-corrected chi connectivity index (χ3v) is 4.18. The van der Waals surface area contributed by atoms with E-state index in [1.54, 1.807) is 13.0 Å². The Hall–Kier alpha value is -1.76. The SMILES string of the molecule is CCN(c1cccc(O)c1)S(=O)(=O)CCC(=O)O. The molecule has 0 aromatic heterocycles. The van der Waals surface area contributed by atoms with Crippen LogP contribution in [0.5, 0.6) is 5.75 Å². The van der Waals surface area contributed by atoms with Crippen molar-refractivity contribution in [1.29, 1.82) is 0 Å². The topological polar surface area (TPSA) is 94.9 Å². The molecule has 0 amide bonds. The van der Waals surface area contributed by atoms with Gasteiger partial charge in [-0.1, -0.05) is 6.07 Å². The van der Waals surface area contributed by atoms with Gasteiger partial charge < -0.3 is 10.2 Å². The van der Waals surface area contributed by atoms with Crippen molar-refractivity contribution in [3.05, 3.63) is 24.3 Å². The van der Waals surface area contributed by atoms with Gasteiger partial charge in [-0.2, -0.15) is 0 Å². The lowest BCUT2D eigenvalue weighted by Gasteiger charge is -2.22. The predicted molar refractivity (Wildman–Crippen MR) is 67.2 cm³/mol. The molecule has 0 fully saturated rings. The zero-order valence-corrected chi connectivity index (χ0v) is 10.7. The Morgan fingerprint density at radius 1 is 1.39 bits per heavy atom. The molecule has 0 spiro atoms. The molecule has 1 rings (SSSR count). The number of aromatic hydroxyl groups is 1. The second-order valence-corrected chi connectivity index (χ2v) is 5.66. The van der Waals surface area contributed by atoms with Gasteiger partial charge in [-0.15, -0.1) is 0 Å². The van der Waals surface area contributed by atoms with Crippen molar-refractivity contribution in [2.45, 2.75) is 13.3 Å². The predicted octanol–water partition coefficient (Wildman–Crippen LogP) is 1.02. The van der Waals surface area contributed by atoms with Crippen LogP contribution in [-0.4, -0.2) is 36.9 Å². The van der Waals surface area contributed by atoms with E-state index in [0.29, 0.717) is 5.69 Å². The Morgan fingerprint density at radius 3 is 2.56 bits per heavy atom. The molecule has 0 aliphatic carbocycles. The number of phenols is 1. The molecule has 1 aromatic carbocycles. The lowest BCUT2D eigenvalue weighted by Crippen LogP contribution is -2.33. The van der Waals surface area contributed by atoms with E-state index in [9.17, 15) is 18.3 Å². The summed E-state index contributed by atoms with van der Waals surface area (Å²) in [5.74, 6) is -1.67. The fourth-order valence-corrected chi connectivity index (χ4v) is 3.00. The van der Waals surface area contributed by atoms with Crippen LogP contribution in [0.2, 0.25) is 0 Å². The van der Waals surface area contributed by atoms with Gasteiger partial charge in [-0.25, -0.2) is 8.42 Å². The van der Waals surface area contributed by atoms with E-state index >= 15 is 0 Å². The van der Waals surface area contributed by atoms with Crippen molar-refractivity contribution >= 4 is 21.7 Å². The largest absolute Gasteiger partial charge is 0.508 e. The smallest absolute Gasteiger partial charge is 0.304 e. The third kappa shape index (κ3) is 3.63. The minimum Gasteiger partial charge on any atom is -0.508 e. The van der Waals surface area contributed by atoms with E-state index in [-0.39, 0.29) is 12.3 Å². The van der Waals surface area contributed by atoms with Crippen LogP contribution in [-0.2, 0) is 14.8 Å². The standard InChI is InChI=1S/C11H15NO5S/c1-2-12(9-4-3-5-10(13)8-9)18(16,17)7-6-11(14)15/h3-5,8,13H,2,6-7H2,1H3,(H,14,15). The number of carboxylic acids is 1. The average molecular weight is 273 g/mol. The van der Waals surface area contributed by atoms with Gasteiger partial charge in [0.1, 0.15) is 5.75 Å². The first-order valence-corrected chi connectivity index (χ1v) is 6.99. The van der Waals surface area contributed by atoms with Crippen LogP contribution in [0, 0.1) is 0 Å². The molecule has 0 saturated heterocycles. The highest BCUT2D eigenvalue weighted by molar-refractivity contribution is 7.92. The van der Waals surface area contributed by atoms with Crippen molar-refractivity contribution in [2.24, 2.45) is 0 Å². The van der Waals surface area contributed by atoms with Crippen LogP contribution in [0.25, 0.3) is 0 Å². The Bertz CT molecular complexity index is 526. The minimum absolute atomic E-state index is 0.0422. The van der Waals surface area contributed by atoms with E-state index in [4.69, 9.17) is 5.11 Å². The molecule has 0 atom stereocenters. The summed E-state index contributed by atoms with van der Waals surface area (Å²) in [5, 5.41) is 17.8. The molecule has 0 saturated carbocycles. The number of hydrogen-bond donors (Lipinski definition) is 2. The molecule has 0 radical (unpaired) electrons. The Balaban J connectivity index is 2.99. The maximum absolute atomic E-state index is 12.0. The first kappa shape index (κ1) is 14.3. The second kappa shape index (κ2) is 5.72. The number of hydrogen-bond acceptors (Lipinski definition) is 4. The van der Waals surface area contributed by atoms with Gasteiger partial charge in [0.15, 0.2) is 0 Å². The minimum atomic E-state index is -3.70. The van der Waals surface area contributed by atoms with Gasteiger partial charge >= 0.3 is 5.97 Å². The van der Waals surface area contributed by atoms with Gasteiger partial charge in [0.25, 0.3) is 0 Å². The zero-order valence-electron chi connectivity index (χ0n) is 9.91. The van der Waals surface area contributed by atoms with Crippen LogP contribution in [0.15, 0.2) is 24.3 Å². The summed E-state index contributed by atoms with van der Waals surface area (Å²) >= 11 is 0. The van der Waals surface area contributed by atoms with Crippen LogP contribution >= 0.6 is 0 Å². The Labute approximate surface area is 106 Å². The summed E-state index contributed by atoms with van der Waals surface area (Å²) in [6, 6.07) is 5.82. The molecule has 6 nitrogen and oxygen atoms in total. The van der Waals surface area contributed by atoms with Crippen LogP contribution < -0.4 is 4.31 Å². The zero-order chi connectivity index (χ0) is 13.8. The summed E-state index contributed by atoms with van der Waals surface area (Å²) in [6.45, 7) is 1.81. The molecule has 0 unspecified atom stereocenters. The van der Waals surface area contributed by atoms with Gasteiger partial charge in [-0.3, -0.25) is 9.10 Å². The summed E-state index contributed by atoms with van der Waals surface area (Å²) in [6.07, 6.45) is -0.447. The Morgan fingerprint density at radius 2 is 2.06 bits per heavy atom. The molecule has 0 bridgehead atoms. The van der Waals surface area contributed by atoms with Gasteiger partial charge in [-0.05, 0) is 19.1 Å². The van der Waals surface area contributed by atoms with Crippen LogP contribution in [0.4, 0.5) is 5.69 Å². The molecule has 100 valence electrons. The van der Waals surface area contributed by atoms with E-state index in [0.717, 1.165) is 4.31 Å². The van der Waals surface area contributed by atoms with E-state index in [1.165, 1.54) is 18.2 Å². The first-order chi connectivity index (χ1) is 8.36. The molecular weight excluding hydrogens is 258 g/mol. The monoisotopic (exact) mass is 273 g/mol. The van der Waals surface area contributed by atoms with Gasteiger partial charge in [0, 0.05) is 12.6 Å². The molecule has 2 N–H and O–H groups in total. The summed E-state index contributed by atoms with van der Waals surface area (Å²) in [4.78, 5) is 10.4. The number of anilines is 1. The lowest BCUT2D eigenvalue weighted by atomic mass is 10.3. The van der Waals surface area contributed by atoms with E-state index < -0.39 is 28.2 Å². The fraction of sp³-hybridized carbons (Fsp3) is 0.364. The van der Waals surface area contributed by atoms with Crippen molar-refractivity contribution < 1.29 is 23.4 Å². The van der Waals surface area contributed by atoms with Gasteiger partial charge in [0.05, 0.1) is 17.9 Å². The molecule has 1 aromatic rings. The fourth-order valence-electron chi connectivity index (χ4n) is 1.51. The number of benzene rings is 1. The van der Waals surface area contributed by atoms with E-state index in [1.807, 2.05) is 0 Å². The maximum Gasteiger partial charge on any atom is 0.304 e. The molecule has 0 aliphatic rings. The number of rotatable bonds is 6. The first-order valence-electron chi connectivity index (χ1n) is 5.38. The van der Waals surface area contributed by atoms with Crippen molar-refractivity contribution in [3.8, 4) is 5.75 Å². The Kier molecular flexibility index (Phi) is 4.55. The maximum atomic E-state index is 12.0. The van der Waals surface area contributed by atoms with Crippen LogP contribution in [0.1, 0.15) is 13.3 Å². The number of carboxylic acid groups (broad SMARTS) is 1. The number of sulfonamides is 1. The highest BCUT2D eigenvalue weighted by atomic mass is 32.2. The van der Waals surface area contributed by atoms with Crippen molar-refractivity contribution in [2.75, 3.05) is 16.6 Å². The average Bonchev–Trinajstić information content (AvgIpc) is 2.27. The van der Waals surface area contributed by atoms with Crippen molar-refractivity contribution in [3.63, 3.8) is 0 Å². The highest BCUT2D eigenvalue weighted by Crippen LogP contribution is 2.22. The summed E-state index contributed by atoms with van der Waals surface area (Å²) < 4.78 is 25.0. The molecule has 0 heterocycles. The van der Waals surface area contributed by atoms with E-state index in [2.05, 4.69) is 0 Å². The summed E-state index contributed by atoms with van der Waals surface area (Å²) in [5.41, 5.74) is 0.322. The quantitative estimate of drug-likeness (QED) is 0.807. The molecular formula is C11H15NO5S. The molecule has 0 aliphatic heterocycles. The normalized spacial score (nSPS) is 11.2. The lowest BCUT2D eigenvalue weighted by molar-refractivity contribution is -0.136. The number of nitrogens with zero attached hydrogens (tertiary/aromatic N) is 1. The second-order valence-electron chi connectivity index (χ2n) is 3.64. The summed E-state index contributed by atoms with van der Waals surface area (Å²) in [7, 11) is -3.70. The third-order valence-electron chi connectivity index (χ3n) is 2.31. The van der Waals surface area contributed by atoms with Gasteiger partial charge in [0.2, 0.25) is 10.0 Å². The van der Waals surface area contributed by atoms with Crippen LogP contribution in [0.3, 0.4) is 0 Å². The number of carbonyl (C=O) groups is 1. The number of aliphatic carboxylic acids is 1. The molecule has 18 heavy (non-hydrogen) atoms.